The minimum Gasteiger partial charge on any atom is -0.310 e. The van der Waals surface area contributed by atoms with Gasteiger partial charge in [-0.2, -0.15) is 0 Å². The molecular formula is C13H20ClNO2S2. The quantitative estimate of drug-likeness (QED) is 0.784. The van der Waals surface area contributed by atoms with Gasteiger partial charge in [0.1, 0.15) is 9.84 Å². The van der Waals surface area contributed by atoms with E-state index in [4.69, 9.17) is 11.6 Å². The Bertz CT molecular complexity index is 517. The molecule has 19 heavy (non-hydrogen) atoms. The largest absolute Gasteiger partial charge is 0.310 e. The van der Waals surface area contributed by atoms with E-state index in [0.29, 0.717) is 10.8 Å². The van der Waals surface area contributed by atoms with Crippen LogP contribution >= 0.6 is 23.4 Å². The molecule has 0 amide bonds. The van der Waals surface area contributed by atoms with Crippen molar-refractivity contribution in [1.82, 2.24) is 5.32 Å². The lowest BCUT2D eigenvalue weighted by Gasteiger charge is -2.14. The zero-order chi connectivity index (χ0) is 14.5. The van der Waals surface area contributed by atoms with Gasteiger partial charge in [0.25, 0.3) is 0 Å². The van der Waals surface area contributed by atoms with E-state index in [1.165, 1.54) is 18.0 Å². The van der Waals surface area contributed by atoms with E-state index in [-0.39, 0.29) is 11.8 Å². The van der Waals surface area contributed by atoms with E-state index >= 15 is 0 Å². The van der Waals surface area contributed by atoms with Gasteiger partial charge >= 0.3 is 0 Å². The summed E-state index contributed by atoms with van der Waals surface area (Å²) < 4.78 is 22.1. The Morgan fingerprint density at radius 1 is 1.42 bits per heavy atom. The molecule has 3 nitrogen and oxygen atoms in total. The normalized spacial score (nSPS) is 13.5. The molecule has 1 atom stereocenters. The van der Waals surface area contributed by atoms with Crippen LogP contribution in [-0.2, 0) is 9.84 Å². The van der Waals surface area contributed by atoms with Crippen molar-refractivity contribution in [3.05, 3.63) is 28.8 Å². The second-order valence-corrected chi connectivity index (χ2v) is 8.25. The molecular weight excluding hydrogens is 302 g/mol. The zero-order valence-corrected chi connectivity index (χ0v) is 13.8. The van der Waals surface area contributed by atoms with Crippen molar-refractivity contribution in [3.63, 3.8) is 0 Å². The molecule has 0 aliphatic carbocycles. The van der Waals surface area contributed by atoms with E-state index in [9.17, 15) is 8.42 Å². The standard InChI is InChI=1S/C13H20ClNO2S2/c1-4-15-10(2)11-5-6-13(12(14)9-11)18-7-8-19(3,16)17/h5-6,9-10,15H,4,7-8H2,1-3H3. The monoisotopic (exact) mass is 321 g/mol. The first-order chi connectivity index (χ1) is 8.83. The summed E-state index contributed by atoms with van der Waals surface area (Å²) in [5.74, 6) is 0.699. The number of halogens is 1. The Labute approximate surface area is 125 Å². The SMILES string of the molecule is CCNC(C)c1ccc(SCCS(C)(=O)=O)c(Cl)c1. The minimum atomic E-state index is -2.91. The maximum absolute atomic E-state index is 11.1. The van der Waals surface area contributed by atoms with Crippen molar-refractivity contribution in [3.8, 4) is 0 Å². The van der Waals surface area contributed by atoms with Crippen LogP contribution in [0.25, 0.3) is 0 Å². The summed E-state index contributed by atoms with van der Waals surface area (Å²) in [6.45, 7) is 5.06. The molecule has 1 aromatic rings. The molecule has 1 rings (SSSR count). The van der Waals surface area contributed by atoms with Gasteiger partial charge in [-0.1, -0.05) is 24.6 Å². The predicted molar refractivity (Wildman–Crippen MR) is 84.0 cm³/mol. The van der Waals surface area contributed by atoms with Crippen LogP contribution in [0.2, 0.25) is 5.02 Å². The van der Waals surface area contributed by atoms with Gasteiger partial charge in [0.15, 0.2) is 0 Å². The first-order valence-corrected chi connectivity index (χ1v) is 9.59. The lowest BCUT2D eigenvalue weighted by molar-refractivity contribution is 0.598. The van der Waals surface area contributed by atoms with Crippen molar-refractivity contribution >= 4 is 33.2 Å². The lowest BCUT2D eigenvalue weighted by Crippen LogP contribution is -2.17. The lowest BCUT2D eigenvalue weighted by atomic mass is 10.1. The first kappa shape index (κ1) is 16.8. The predicted octanol–water partition coefficient (Wildman–Crippen LogP) is 3.15. The summed E-state index contributed by atoms with van der Waals surface area (Å²) in [4.78, 5) is 0.928. The van der Waals surface area contributed by atoms with Gasteiger partial charge in [0.05, 0.1) is 10.8 Å². The zero-order valence-electron chi connectivity index (χ0n) is 11.4. The molecule has 0 bridgehead atoms. The van der Waals surface area contributed by atoms with Crippen molar-refractivity contribution in [1.29, 1.82) is 0 Å². The van der Waals surface area contributed by atoms with E-state index in [2.05, 4.69) is 19.2 Å². The number of benzene rings is 1. The number of rotatable bonds is 7. The van der Waals surface area contributed by atoms with E-state index in [1.54, 1.807) is 0 Å². The summed E-state index contributed by atoms with van der Waals surface area (Å²) >= 11 is 7.70. The highest BCUT2D eigenvalue weighted by atomic mass is 35.5. The van der Waals surface area contributed by atoms with E-state index in [0.717, 1.165) is 17.0 Å². The van der Waals surface area contributed by atoms with Crippen LogP contribution in [0, 0.1) is 0 Å². The highest BCUT2D eigenvalue weighted by Crippen LogP contribution is 2.29. The third-order valence-electron chi connectivity index (χ3n) is 2.68. The average Bonchev–Trinajstić information content (AvgIpc) is 2.30. The summed E-state index contributed by atoms with van der Waals surface area (Å²) in [7, 11) is -2.91. The molecule has 0 fully saturated rings. The number of nitrogens with one attached hydrogen (secondary N) is 1. The summed E-state index contributed by atoms with van der Waals surface area (Å²) in [6.07, 6.45) is 1.25. The molecule has 0 heterocycles. The van der Waals surface area contributed by atoms with Crippen LogP contribution in [0.5, 0.6) is 0 Å². The van der Waals surface area contributed by atoms with Crippen LogP contribution < -0.4 is 5.32 Å². The molecule has 0 saturated heterocycles. The molecule has 0 aliphatic heterocycles. The fraction of sp³-hybridized carbons (Fsp3) is 0.538. The molecule has 1 N–H and O–H groups in total. The second kappa shape index (κ2) is 7.53. The Hall–Kier alpha value is -0.230. The number of thioether (sulfide) groups is 1. The van der Waals surface area contributed by atoms with Gasteiger partial charge in [-0.15, -0.1) is 11.8 Å². The molecule has 1 unspecified atom stereocenters. The maximum atomic E-state index is 11.1. The summed E-state index contributed by atoms with van der Waals surface area (Å²) in [5.41, 5.74) is 1.14. The van der Waals surface area contributed by atoms with Gasteiger partial charge < -0.3 is 5.32 Å². The van der Waals surface area contributed by atoms with Gasteiger partial charge in [-0.05, 0) is 31.2 Å². The molecule has 0 saturated carbocycles. The van der Waals surface area contributed by atoms with E-state index < -0.39 is 9.84 Å². The highest BCUT2D eigenvalue weighted by Gasteiger charge is 2.09. The minimum absolute atomic E-state index is 0.170. The molecule has 0 aliphatic rings. The molecule has 0 spiro atoms. The van der Waals surface area contributed by atoms with Crippen LogP contribution in [0.15, 0.2) is 23.1 Å². The van der Waals surface area contributed by atoms with Crippen LogP contribution in [0.3, 0.4) is 0 Å². The van der Waals surface area contributed by atoms with Crippen molar-refractivity contribution in [2.24, 2.45) is 0 Å². The summed E-state index contributed by atoms with van der Waals surface area (Å²) in [5, 5.41) is 4.01. The number of hydrogen-bond donors (Lipinski definition) is 1. The molecule has 108 valence electrons. The van der Waals surface area contributed by atoms with Crippen molar-refractivity contribution < 1.29 is 8.42 Å². The van der Waals surface area contributed by atoms with Crippen LogP contribution in [0.1, 0.15) is 25.5 Å². The Morgan fingerprint density at radius 3 is 2.63 bits per heavy atom. The van der Waals surface area contributed by atoms with E-state index in [1.807, 2.05) is 18.2 Å². The topological polar surface area (TPSA) is 46.2 Å². The summed E-state index contributed by atoms with van der Waals surface area (Å²) in [6, 6.07) is 6.19. The third-order valence-corrected chi connectivity index (χ3v) is 5.38. The maximum Gasteiger partial charge on any atom is 0.148 e. The Balaban J connectivity index is 2.67. The number of sulfone groups is 1. The molecule has 0 aromatic heterocycles. The van der Waals surface area contributed by atoms with Crippen LogP contribution in [-0.4, -0.2) is 32.7 Å². The van der Waals surface area contributed by atoms with Gasteiger partial charge in [0, 0.05) is 22.9 Å². The smallest absolute Gasteiger partial charge is 0.148 e. The van der Waals surface area contributed by atoms with Crippen molar-refractivity contribution in [2.45, 2.75) is 24.8 Å². The molecule has 6 heteroatoms. The highest BCUT2D eigenvalue weighted by molar-refractivity contribution is 8.00. The first-order valence-electron chi connectivity index (χ1n) is 6.17. The Morgan fingerprint density at radius 2 is 2.11 bits per heavy atom. The molecule has 1 aromatic carbocycles. The van der Waals surface area contributed by atoms with Gasteiger partial charge in [0.2, 0.25) is 0 Å². The fourth-order valence-electron chi connectivity index (χ4n) is 1.63. The number of hydrogen-bond acceptors (Lipinski definition) is 4. The van der Waals surface area contributed by atoms with Gasteiger partial charge in [-0.25, -0.2) is 8.42 Å². The van der Waals surface area contributed by atoms with Crippen LogP contribution in [0.4, 0.5) is 0 Å². The Kier molecular flexibility index (Phi) is 6.66. The third kappa shape index (κ3) is 6.17. The van der Waals surface area contributed by atoms with Crippen molar-refractivity contribution in [2.75, 3.05) is 24.3 Å². The second-order valence-electron chi connectivity index (χ2n) is 4.45. The van der Waals surface area contributed by atoms with Gasteiger partial charge in [-0.3, -0.25) is 0 Å². The fourth-order valence-corrected chi connectivity index (χ4v) is 4.11. The average molecular weight is 322 g/mol. The molecule has 0 radical (unpaired) electrons.